The van der Waals surface area contributed by atoms with Crippen molar-refractivity contribution < 1.29 is 5.11 Å². The van der Waals surface area contributed by atoms with Crippen LogP contribution < -0.4 is 0 Å². The predicted octanol–water partition coefficient (Wildman–Crippen LogP) is 3.86. The fourth-order valence-corrected chi connectivity index (χ4v) is 4.45. The van der Waals surface area contributed by atoms with Gasteiger partial charge in [-0.05, 0) is 37.0 Å². The first-order valence-corrected chi connectivity index (χ1v) is 9.25. The molecule has 0 bridgehead atoms. The molecular formula is C19H24ClN3O. The molecule has 128 valence electrons. The van der Waals surface area contributed by atoms with Crippen LogP contribution in [0.1, 0.15) is 37.7 Å². The maximum Gasteiger partial charge on any atom is 0.0700 e. The van der Waals surface area contributed by atoms with Gasteiger partial charge in [0.1, 0.15) is 0 Å². The summed E-state index contributed by atoms with van der Waals surface area (Å²) in [5.74, 6) is 0.422. The van der Waals surface area contributed by atoms with Gasteiger partial charge in [0, 0.05) is 36.1 Å². The van der Waals surface area contributed by atoms with E-state index in [9.17, 15) is 5.11 Å². The molecule has 5 heteroatoms. The van der Waals surface area contributed by atoms with E-state index in [1.165, 1.54) is 18.4 Å². The Morgan fingerprint density at radius 2 is 2.08 bits per heavy atom. The number of aliphatic hydroxyl groups is 1. The number of benzene rings is 1. The second-order valence-corrected chi connectivity index (χ2v) is 7.74. The average molecular weight is 346 g/mol. The van der Waals surface area contributed by atoms with Crippen molar-refractivity contribution >= 4 is 11.6 Å². The molecule has 1 aliphatic carbocycles. The molecule has 1 aromatic carbocycles. The number of rotatable bonds is 3. The van der Waals surface area contributed by atoms with Gasteiger partial charge >= 0.3 is 0 Å². The summed E-state index contributed by atoms with van der Waals surface area (Å²) in [4.78, 5) is 2.47. The summed E-state index contributed by atoms with van der Waals surface area (Å²) >= 11 is 5.99. The maximum atomic E-state index is 10.8. The molecule has 1 aromatic heterocycles. The lowest BCUT2D eigenvalue weighted by molar-refractivity contribution is -0.0967. The van der Waals surface area contributed by atoms with Gasteiger partial charge in [0.05, 0.1) is 17.5 Å². The molecule has 1 saturated carbocycles. The number of hydrogen-bond donors (Lipinski definition) is 2. The Morgan fingerprint density at radius 1 is 1.25 bits per heavy atom. The van der Waals surface area contributed by atoms with Crippen molar-refractivity contribution in [3.8, 4) is 11.3 Å². The first kappa shape index (κ1) is 16.1. The minimum Gasteiger partial charge on any atom is -0.390 e. The zero-order valence-electron chi connectivity index (χ0n) is 13.8. The minimum absolute atomic E-state index is 0.413. The molecule has 2 aliphatic rings. The van der Waals surface area contributed by atoms with Gasteiger partial charge in [0.15, 0.2) is 0 Å². The standard InChI is InChI=1S/C19H24ClN3O/c20-17-6-4-14(5-7-17)18-15(11-21-22-18)12-23-10-9-19(24)8-2-1-3-16(19)13-23/h4-7,11,16,24H,1-3,8-10,12-13H2,(H,21,22)/t16-,19-/m0/s1. The third-order valence-corrected chi connectivity index (χ3v) is 6.01. The number of nitrogens with one attached hydrogen (secondary N) is 1. The number of halogens is 1. The van der Waals surface area contributed by atoms with Crippen LogP contribution in [-0.2, 0) is 6.54 Å². The third kappa shape index (κ3) is 3.10. The molecule has 2 fully saturated rings. The van der Waals surface area contributed by atoms with Crippen LogP contribution in [0.5, 0.6) is 0 Å². The van der Waals surface area contributed by atoms with Gasteiger partial charge in [-0.25, -0.2) is 0 Å². The highest BCUT2D eigenvalue weighted by Crippen LogP contribution is 2.40. The summed E-state index contributed by atoms with van der Waals surface area (Å²) in [5.41, 5.74) is 2.97. The van der Waals surface area contributed by atoms with Crippen molar-refractivity contribution in [2.24, 2.45) is 5.92 Å². The summed E-state index contributed by atoms with van der Waals surface area (Å²) in [6, 6.07) is 7.86. The maximum absolute atomic E-state index is 10.8. The highest BCUT2D eigenvalue weighted by molar-refractivity contribution is 6.30. The smallest absolute Gasteiger partial charge is 0.0700 e. The monoisotopic (exact) mass is 345 g/mol. The lowest BCUT2D eigenvalue weighted by Gasteiger charge is -2.47. The topological polar surface area (TPSA) is 52.1 Å². The average Bonchev–Trinajstić information content (AvgIpc) is 3.04. The molecule has 1 aliphatic heterocycles. The van der Waals surface area contributed by atoms with E-state index >= 15 is 0 Å². The van der Waals surface area contributed by atoms with Crippen LogP contribution in [0.2, 0.25) is 5.02 Å². The van der Waals surface area contributed by atoms with Crippen LogP contribution in [0.4, 0.5) is 0 Å². The van der Waals surface area contributed by atoms with Gasteiger partial charge in [-0.15, -0.1) is 0 Å². The van der Waals surface area contributed by atoms with Crippen molar-refractivity contribution in [2.75, 3.05) is 13.1 Å². The van der Waals surface area contributed by atoms with E-state index in [1.54, 1.807) is 0 Å². The largest absolute Gasteiger partial charge is 0.390 e. The molecule has 1 saturated heterocycles. The Morgan fingerprint density at radius 3 is 2.92 bits per heavy atom. The molecule has 2 atom stereocenters. The zero-order chi connectivity index (χ0) is 16.6. The fourth-order valence-electron chi connectivity index (χ4n) is 4.32. The van der Waals surface area contributed by atoms with Crippen molar-refractivity contribution in [3.63, 3.8) is 0 Å². The lowest BCUT2D eigenvalue weighted by Crippen LogP contribution is -2.52. The molecule has 4 nitrogen and oxygen atoms in total. The second kappa shape index (κ2) is 6.51. The Labute approximate surface area is 147 Å². The van der Waals surface area contributed by atoms with Crippen LogP contribution in [0.15, 0.2) is 30.5 Å². The SMILES string of the molecule is O[C@]12CCCC[C@H]1CN(Cc1cn[nH]c1-c1ccc(Cl)cc1)CC2. The number of nitrogens with zero attached hydrogens (tertiary/aromatic N) is 2. The normalized spacial score (nSPS) is 27.8. The van der Waals surface area contributed by atoms with E-state index in [4.69, 9.17) is 11.6 Å². The molecule has 0 amide bonds. The van der Waals surface area contributed by atoms with E-state index in [2.05, 4.69) is 15.1 Å². The molecule has 24 heavy (non-hydrogen) atoms. The van der Waals surface area contributed by atoms with E-state index < -0.39 is 5.60 Å². The highest BCUT2D eigenvalue weighted by Gasteiger charge is 2.42. The van der Waals surface area contributed by atoms with Crippen molar-refractivity contribution in [1.29, 1.82) is 0 Å². The molecule has 2 heterocycles. The van der Waals surface area contributed by atoms with Crippen molar-refractivity contribution in [3.05, 3.63) is 41.0 Å². The number of fused-ring (bicyclic) bond motifs is 1. The molecule has 2 aromatic rings. The van der Waals surface area contributed by atoms with E-state index in [0.29, 0.717) is 5.92 Å². The summed E-state index contributed by atoms with van der Waals surface area (Å²) in [6.07, 6.45) is 7.38. The highest BCUT2D eigenvalue weighted by atomic mass is 35.5. The Balaban J connectivity index is 1.49. The number of H-pyrrole nitrogens is 1. The Kier molecular flexibility index (Phi) is 4.37. The third-order valence-electron chi connectivity index (χ3n) is 5.76. The number of aromatic amines is 1. The summed E-state index contributed by atoms with van der Waals surface area (Å²) in [6.45, 7) is 2.82. The van der Waals surface area contributed by atoms with Gasteiger partial charge in [-0.1, -0.05) is 36.6 Å². The zero-order valence-corrected chi connectivity index (χ0v) is 14.6. The molecule has 0 spiro atoms. The Bertz CT molecular complexity index is 699. The molecular weight excluding hydrogens is 322 g/mol. The van der Waals surface area contributed by atoms with Crippen molar-refractivity contribution in [2.45, 2.75) is 44.2 Å². The number of piperidine rings is 1. The van der Waals surface area contributed by atoms with Gasteiger partial charge in [0.2, 0.25) is 0 Å². The first-order chi connectivity index (χ1) is 11.6. The number of likely N-dealkylation sites (tertiary alicyclic amines) is 1. The van der Waals surface area contributed by atoms with Crippen molar-refractivity contribution in [1.82, 2.24) is 15.1 Å². The Hall–Kier alpha value is -1.36. The van der Waals surface area contributed by atoms with Crippen LogP contribution >= 0.6 is 11.6 Å². The minimum atomic E-state index is -0.413. The van der Waals surface area contributed by atoms with Crippen LogP contribution in [-0.4, -0.2) is 38.9 Å². The molecule has 4 rings (SSSR count). The van der Waals surface area contributed by atoms with Crippen LogP contribution in [0.25, 0.3) is 11.3 Å². The van der Waals surface area contributed by atoms with Gasteiger partial charge in [0.25, 0.3) is 0 Å². The first-order valence-electron chi connectivity index (χ1n) is 8.87. The van der Waals surface area contributed by atoms with Gasteiger partial charge in [-0.2, -0.15) is 5.10 Å². The summed E-state index contributed by atoms with van der Waals surface area (Å²) in [5, 5.41) is 19.0. The second-order valence-electron chi connectivity index (χ2n) is 7.31. The fraction of sp³-hybridized carbons (Fsp3) is 0.526. The van der Waals surface area contributed by atoms with E-state index in [1.807, 2.05) is 30.5 Å². The predicted molar refractivity (Wildman–Crippen MR) is 95.8 cm³/mol. The molecule has 0 radical (unpaired) electrons. The van der Waals surface area contributed by atoms with Crippen LogP contribution in [0.3, 0.4) is 0 Å². The van der Waals surface area contributed by atoms with Gasteiger partial charge < -0.3 is 5.11 Å². The number of aromatic nitrogens is 2. The van der Waals surface area contributed by atoms with E-state index in [0.717, 1.165) is 55.2 Å². The van der Waals surface area contributed by atoms with E-state index in [-0.39, 0.29) is 0 Å². The quantitative estimate of drug-likeness (QED) is 0.888. The number of hydrogen-bond acceptors (Lipinski definition) is 3. The van der Waals surface area contributed by atoms with Crippen LogP contribution in [0, 0.1) is 5.92 Å². The lowest BCUT2D eigenvalue weighted by atomic mass is 9.71. The van der Waals surface area contributed by atoms with Gasteiger partial charge in [-0.3, -0.25) is 10.00 Å². The molecule has 2 N–H and O–H groups in total. The molecule has 0 unspecified atom stereocenters. The summed E-state index contributed by atoms with van der Waals surface area (Å²) < 4.78 is 0. The summed E-state index contributed by atoms with van der Waals surface area (Å²) in [7, 11) is 0.